The van der Waals surface area contributed by atoms with Gasteiger partial charge in [-0.25, -0.2) is 0 Å². The minimum absolute atomic E-state index is 0.103. The van der Waals surface area contributed by atoms with Crippen LogP contribution in [0, 0.1) is 0 Å². The van der Waals surface area contributed by atoms with Crippen LogP contribution in [0.2, 0.25) is 0 Å². The van der Waals surface area contributed by atoms with Crippen molar-refractivity contribution in [1.82, 2.24) is 0 Å². The van der Waals surface area contributed by atoms with Crippen molar-refractivity contribution in [2.24, 2.45) is 0 Å². The van der Waals surface area contributed by atoms with Gasteiger partial charge in [-0.05, 0) is 0 Å². The van der Waals surface area contributed by atoms with E-state index in [1.54, 1.807) is 0 Å². The molecule has 35 atom stereocenters. The van der Waals surface area contributed by atoms with Gasteiger partial charge in [0.25, 0.3) is 0 Å². The molecule has 21 fully saturated rings. The third kappa shape index (κ3) is 13.4. The summed E-state index contributed by atoms with van der Waals surface area (Å²) in [6, 6.07) is 0. The molecule has 21 unspecified atom stereocenters. The van der Waals surface area contributed by atoms with Crippen molar-refractivity contribution >= 4 is 112 Å². The molecule has 21 heterocycles. The summed E-state index contributed by atoms with van der Waals surface area (Å²) in [6.45, 7) is 0. The van der Waals surface area contributed by atoms with Crippen LogP contribution >= 0.6 is 112 Å². The van der Waals surface area contributed by atoms with Gasteiger partial charge in [0, 0.05) is 37.3 Å². The van der Waals surface area contributed by atoms with Gasteiger partial charge in [0.1, 0.15) is 128 Å². The quantitative estimate of drug-likeness (QED) is 0.106. The molecule has 35 heteroatoms. The number of aliphatic hydroxyl groups excluding tert-OH is 14. The standard InChI is InChI=1S/C42H63Br7O28/c43-1-8-29-15(50)22(57)36(64-8)72-30-9(2-44)66-38(24(59)17(30)52)74-32-11(4-46)68-40(26(61)19(32)54)76-34-13(6-48)70-42(28(63)21(34)56)77-35-14(7-49)69-41(27(62)20(35)55)75-33-12(5-47)67-39(25(60)18(33)53)73-31-10(3-45)65-37(71-29)23(58)16(31)51/h8-42,50-63H,1-7H2/t8?,9?,10?,11?,12?,13?,14?,15?,16?,17?,18?,19?,20?,21?,22?,23?,24?,25?,26?,27?,28?,29-,30-,31-,32-,33-,34-,35-,36-,37-,38-,39-,40-,41-,42+/m1/s1. The van der Waals surface area contributed by atoms with Gasteiger partial charge in [0.05, 0.1) is 42.7 Å². The summed E-state index contributed by atoms with van der Waals surface area (Å²) in [6.07, 6.45) is -58.0. The van der Waals surface area contributed by atoms with E-state index in [-0.39, 0.29) is 37.3 Å². The van der Waals surface area contributed by atoms with Gasteiger partial charge in [-0.3, -0.25) is 0 Å². The highest BCUT2D eigenvalue weighted by atomic mass is 79.9. The molecule has 0 saturated carbocycles. The molecular formula is C42H63Br7O28. The Morgan fingerprint density at radius 2 is 0.273 bits per heavy atom. The van der Waals surface area contributed by atoms with Gasteiger partial charge in [0.15, 0.2) is 44.0 Å². The third-order valence-corrected chi connectivity index (χ3v) is 19.1. The van der Waals surface area contributed by atoms with Crippen molar-refractivity contribution in [3.05, 3.63) is 0 Å². The van der Waals surface area contributed by atoms with Crippen LogP contribution < -0.4 is 0 Å². The van der Waals surface area contributed by atoms with Crippen molar-refractivity contribution in [3.8, 4) is 0 Å². The molecule has 0 aromatic rings. The number of hydrogen-bond acceptors (Lipinski definition) is 28. The largest absolute Gasteiger partial charge is 0.387 e. The second-order valence-corrected chi connectivity index (χ2v) is 24.0. The molecule has 0 radical (unpaired) electrons. The molecule has 14 N–H and O–H groups in total. The number of rotatable bonds is 7. The lowest BCUT2D eigenvalue weighted by Crippen LogP contribution is -2.68. The van der Waals surface area contributed by atoms with Crippen LogP contribution in [0.15, 0.2) is 0 Å². The molecule has 21 aliphatic rings. The van der Waals surface area contributed by atoms with E-state index in [9.17, 15) is 71.5 Å². The first-order valence-corrected chi connectivity index (χ1v) is 32.1. The van der Waals surface area contributed by atoms with Crippen LogP contribution in [0.1, 0.15) is 0 Å². The molecule has 0 spiro atoms. The highest BCUT2D eigenvalue weighted by molar-refractivity contribution is 9.10. The van der Waals surface area contributed by atoms with Crippen molar-refractivity contribution in [3.63, 3.8) is 0 Å². The monoisotopic (exact) mass is 1570 g/mol. The maximum absolute atomic E-state index is 11.5. The third-order valence-electron chi connectivity index (χ3n) is 14.6. The van der Waals surface area contributed by atoms with E-state index in [0.29, 0.717) is 0 Å². The fourth-order valence-electron chi connectivity index (χ4n) is 10.3. The number of ether oxygens (including phenoxy) is 14. The van der Waals surface area contributed by atoms with E-state index >= 15 is 0 Å². The summed E-state index contributed by atoms with van der Waals surface area (Å²) in [7, 11) is 0. The molecule has 28 nitrogen and oxygen atoms in total. The van der Waals surface area contributed by atoms with Crippen molar-refractivity contribution < 1.29 is 138 Å². The van der Waals surface area contributed by atoms with Crippen LogP contribution in [-0.2, 0) is 66.3 Å². The molecule has 0 aromatic heterocycles. The van der Waals surface area contributed by atoms with E-state index in [0.717, 1.165) is 0 Å². The maximum atomic E-state index is 11.5. The molecule has 14 bridgehead atoms. The van der Waals surface area contributed by atoms with Crippen LogP contribution in [0.25, 0.3) is 0 Å². The van der Waals surface area contributed by atoms with Gasteiger partial charge >= 0.3 is 0 Å². The Labute approximate surface area is 497 Å². The average Bonchev–Trinajstić information content (AvgIpc) is 3.46. The first-order valence-electron chi connectivity index (χ1n) is 24.3. The van der Waals surface area contributed by atoms with Gasteiger partial charge < -0.3 is 138 Å². The zero-order valence-electron chi connectivity index (χ0n) is 39.8. The fourth-order valence-corrected chi connectivity index (χ4v) is 13.9. The van der Waals surface area contributed by atoms with Gasteiger partial charge in [-0.1, -0.05) is 112 Å². The summed E-state index contributed by atoms with van der Waals surface area (Å²) in [5.74, 6) is 0. The maximum Gasteiger partial charge on any atom is 0.187 e. The van der Waals surface area contributed by atoms with Crippen LogP contribution in [0.5, 0.6) is 0 Å². The molecular weight excluding hydrogens is 1510 g/mol. The SMILES string of the molecule is OC1C(O)[C@@H]2O[C@H]3OC(CBr)[C@@H](O[C@H]4OC(CBr)[C@@H](O[C@H]5OC(CBr)[C@@H](O[C@@H]6OC(CBr)[C@@H](O[C@H]7OC(CBr)[C@@H](O[C@H]8OC(CBr)[C@@H](O[C@H]1OC2CBr)C(O)C8O)C(O)C7O)C(O)C6O)C(O)C5O)C(O)C4O)C(O)C3O. The zero-order chi connectivity index (χ0) is 56.1. The fraction of sp³-hybridized carbons (Fsp3) is 1.00. The predicted octanol–water partition coefficient (Wildman–Crippen LogP) is -5.41. The number of aliphatic hydroxyl groups is 14. The summed E-state index contributed by atoms with van der Waals surface area (Å²) >= 11 is 23.1. The van der Waals surface area contributed by atoms with E-state index in [1.807, 2.05) is 0 Å². The molecule has 21 rings (SSSR count). The second kappa shape index (κ2) is 28.4. The van der Waals surface area contributed by atoms with Gasteiger partial charge in [0.2, 0.25) is 0 Å². The topological polar surface area (TPSA) is 412 Å². The molecule has 21 saturated heterocycles. The lowest BCUT2D eigenvalue weighted by Gasteiger charge is -2.50. The lowest BCUT2D eigenvalue weighted by atomic mass is 9.95. The van der Waals surface area contributed by atoms with Gasteiger partial charge in [-0.15, -0.1) is 0 Å². The first-order chi connectivity index (χ1) is 36.7. The summed E-state index contributed by atoms with van der Waals surface area (Å²) in [5.41, 5.74) is 0. The Morgan fingerprint density at radius 1 is 0.169 bits per heavy atom. The first kappa shape index (κ1) is 65.2. The van der Waals surface area contributed by atoms with Crippen molar-refractivity contribution in [2.45, 2.75) is 215 Å². The van der Waals surface area contributed by atoms with Crippen LogP contribution in [-0.4, -0.2) is 324 Å². The lowest BCUT2D eigenvalue weighted by molar-refractivity contribution is -0.388. The van der Waals surface area contributed by atoms with Gasteiger partial charge in [-0.2, -0.15) is 0 Å². The molecule has 21 aliphatic heterocycles. The van der Waals surface area contributed by atoms with Crippen LogP contribution in [0.4, 0.5) is 0 Å². The summed E-state index contributed by atoms with van der Waals surface area (Å²) in [4.78, 5) is 0. The predicted molar refractivity (Wildman–Crippen MR) is 275 cm³/mol. The normalized spacial score (nSPS) is 55.4. The molecule has 0 aliphatic carbocycles. The Hall–Kier alpha value is 2.24. The van der Waals surface area contributed by atoms with E-state index in [2.05, 4.69) is 112 Å². The van der Waals surface area contributed by atoms with Crippen LogP contribution in [0.3, 0.4) is 0 Å². The Balaban J connectivity index is 1.08. The smallest absolute Gasteiger partial charge is 0.187 e. The van der Waals surface area contributed by atoms with E-state index in [4.69, 9.17) is 66.3 Å². The second-order valence-electron chi connectivity index (χ2n) is 19.5. The molecule has 77 heavy (non-hydrogen) atoms. The highest BCUT2D eigenvalue weighted by Crippen LogP contribution is 2.40. The Morgan fingerprint density at radius 3 is 0.364 bits per heavy atom. The zero-order valence-corrected chi connectivity index (χ0v) is 50.9. The van der Waals surface area contributed by atoms with Crippen molar-refractivity contribution in [1.29, 1.82) is 0 Å². The minimum atomic E-state index is -1.95. The average molecular weight is 1580 g/mol. The molecule has 448 valence electrons. The summed E-state index contributed by atoms with van der Waals surface area (Å²) in [5, 5.41) is 160. The number of alkyl halides is 7. The highest BCUT2D eigenvalue weighted by Gasteiger charge is 2.59. The van der Waals surface area contributed by atoms with E-state index in [1.165, 1.54) is 0 Å². The summed E-state index contributed by atoms with van der Waals surface area (Å²) < 4.78 is 84.2. The van der Waals surface area contributed by atoms with E-state index < -0.39 is 215 Å². The number of hydrogen-bond donors (Lipinski definition) is 14. The molecule has 0 amide bonds. The van der Waals surface area contributed by atoms with Crippen molar-refractivity contribution in [2.75, 3.05) is 37.3 Å². The Kier molecular flexibility index (Phi) is 24.0. The molecule has 0 aromatic carbocycles. The minimum Gasteiger partial charge on any atom is -0.387 e. The number of halogens is 7. The Bertz CT molecular complexity index is 1490.